The third-order valence-electron chi connectivity index (χ3n) is 3.20. The Bertz CT molecular complexity index is 436. The predicted octanol–water partition coefficient (Wildman–Crippen LogP) is 1.56. The largest absolute Gasteiger partial charge is 0.347 e. The number of amides is 1. The number of halogens is 2. The summed E-state index contributed by atoms with van der Waals surface area (Å²) in [6, 6.07) is 5.91. The maximum atomic E-state index is 11.8. The first-order valence-corrected chi connectivity index (χ1v) is 5.45. The van der Waals surface area contributed by atoms with Gasteiger partial charge in [0.15, 0.2) is 0 Å². The summed E-state index contributed by atoms with van der Waals surface area (Å²) in [5, 5.41) is 6.83. The lowest BCUT2D eigenvalue weighted by molar-refractivity contribution is 0.0924. The first kappa shape index (κ1) is 11.7. The van der Waals surface area contributed by atoms with Crippen LogP contribution in [0.25, 0.3) is 0 Å². The van der Waals surface area contributed by atoms with E-state index >= 15 is 0 Å². The van der Waals surface area contributed by atoms with Gasteiger partial charge >= 0.3 is 0 Å². The van der Waals surface area contributed by atoms with E-state index < -0.39 is 0 Å². The lowest BCUT2D eigenvalue weighted by Gasteiger charge is -2.28. The van der Waals surface area contributed by atoms with Crippen molar-refractivity contribution in [3.8, 4) is 0 Å². The van der Waals surface area contributed by atoms with E-state index in [2.05, 4.69) is 10.6 Å². The van der Waals surface area contributed by atoms with Crippen molar-refractivity contribution in [3.05, 3.63) is 34.3 Å². The van der Waals surface area contributed by atoms with Gasteiger partial charge in [0, 0.05) is 25.0 Å². The van der Waals surface area contributed by atoms with Gasteiger partial charge in [0.2, 0.25) is 0 Å². The SMILES string of the molecule is Cl.O=C1N[C@@H]2CNC[C@H]2c2cccc(Cl)c21. The summed E-state index contributed by atoms with van der Waals surface area (Å²) in [7, 11) is 0. The Morgan fingerprint density at radius 2 is 2.12 bits per heavy atom. The molecule has 1 saturated heterocycles. The molecule has 2 atom stereocenters. The number of benzene rings is 1. The lowest BCUT2D eigenvalue weighted by Crippen LogP contribution is -2.44. The quantitative estimate of drug-likeness (QED) is 0.742. The monoisotopic (exact) mass is 258 g/mol. The molecule has 2 aliphatic heterocycles. The molecular weight excluding hydrogens is 247 g/mol. The molecule has 0 spiro atoms. The van der Waals surface area contributed by atoms with E-state index in [1.54, 1.807) is 6.07 Å². The molecule has 1 amide bonds. The van der Waals surface area contributed by atoms with Crippen LogP contribution in [0.5, 0.6) is 0 Å². The molecular formula is C11H12Cl2N2O. The Labute approximate surface area is 105 Å². The van der Waals surface area contributed by atoms with Gasteiger partial charge in [-0.25, -0.2) is 0 Å². The molecule has 16 heavy (non-hydrogen) atoms. The average molecular weight is 259 g/mol. The van der Waals surface area contributed by atoms with Gasteiger partial charge < -0.3 is 10.6 Å². The van der Waals surface area contributed by atoms with Crippen LogP contribution < -0.4 is 10.6 Å². The van der Waals surface area contributed by atoms with E-state index in [0.717, 1.165) is 18.7 Å². The summed E-state index contributed by atoms with van der Waals surface area (Å²) in [6.45, 7) is 1.76. The highest BCUT2D eigenvalue weighted by Gasteiger charge is 2.37. The van der Waals surface area contributed by atoms with Gasteiger partial charge in [0.25, 0.3) is 5.91 Å². The number of fused-ring (bicyclic) bond motifs is 3. The molecule has 0 aromatic heterocycles. The zero-order chi connectivity index (χ0) is 10.4. The zero-order valence-electron chi connectivity index (χ0n) is 8.50. The minimum Gasteiger partial charge on any atom is -0.347 e. The van der Waals surface area contributed by atoms with Gasteiger partial charge in [-0.2, -0.15) is 0 Å². The molecule has 0 aliphatic carbocycles. The number of carbonyl (C=O) groups excluding carboxylic acids is 1. The average Bonchev–Trinajstić information content (AvgIpc) is 2.65. The van der Waals surface area contributed by atoms with E-state index in [0.29, 0.717) is 16.5 Å². The molecule has 0 saturated carbocycles. The zero-order valence-corrected chi connectivity index (χ0v) is 10.1. The molecule has 2 heterocycles. The smallest absolute Gasteiger partial charge is 0.253 e. The van der Waals surface area contributed by atoms with Crippen molar-refractivity contribution < 1.29 is 4.79 Å². The Kier molecular flexibility index (Phi) is 3.10. The number of hydrogen-bond acceptors (Lipinski definition) is 2. The summed E-state index contributed by atoms with van der Waals surface area (Å²) in [6.07, 6.45) is 0. The molecule has 1 aromatic carbocycles. The highest BCUT2D eigenvalue weighted by atomic mass is 35.5. The van der Waals surface area contributed by atoms with Crippen LogP contribution in [-0.2, 0) is 0 Å². The second-order valence-corrected chi connectivity index (χ2v) is 4.46. The van der Waals surface area contributed by atoms with Gasteiger partial charge in [-0.3, -0.25) is 4.79 Å². The second-order valence-electron chi connectivity index (χ2n) is 4.05. The molecule has 0 bridgehead atoms. The van der Waals surface area contributed by atoms with Crippen LogP contribution in [0.3, 0.4) is 0 Å². The third-order valence-corrected chi connectivity index (χ3v) is 3.52. The van der Waals surface area contributed by atoms with Crippen molar-refractivity contribution in [2.45, 2.75) is 12.0 Å². The fraction of sp³-hybridized carbons (Fsp3) is 0.364. The summed E-state index contributed by atoms with van der Waals surface area (Å²) in [5.41, 5.74) is 1.74. The maximum Gasteiger partial charge on any atom is 0.253 e. The second kappa shape index (κ2) is 4.24. The van der Waals surface area contributed by atoms with E-state index in [1.807, 2.05) is 12.1 Å². The molecule has 5 heteroatoms. The Morgan fingerprint density at radius 1 is 1.31 bits per heavy atom. The molecule has 86 valence electrons. The van der Waals surface area contributed by atoms with Gasteiger partial charge in [0.05, 0.1) is 10.6 Å². The summed E-state index contributed by atoms with van der Waals surface area (Å²) in [5.74, 6) is 0.331. The first-order valence-electron chi connectivity index (χ1n) is 5.07. The molecule has 2 N–H and O–H groups in total. The van der Waals surface area contributed by atoms with Crippen LogP contribution in [0.4, 0.5) is 0 Å². The normalized spacial score (nSPS) is 26.4. The van der Waals surface area contributed by atoms with Crippen molar-refractivity contribution >= 4 is 29.9 Å². The maximum absolute atomic E-state index is 11.8. The van der Waals surface area contributed by atoms with E-state index in [1.165, 1.54) is 0 Å². The number of nitrogens with one attached hydrogen (secondary N) is 2. The van der Waals surface area contributed by atoms with E-state index in [9.17, 15) is 4.79 Å². The molecule has 0 unspecified atom stereocenters. The summed E-state index contributed by atoms with van der Waals surface area (Å²) < 4.78 is 0. The van der Waals surface area contributed by atoms with Crippen LogP contribution >= 0.6 is 24.0 Å². The molecule has 1 fully saturated rings. The lowest BCUT2D eigenvalue weighted by atomic mass is 9.86. The Morgan fingerprint density at radius 3 is 2.94 bits per heavy atom. The Hall–Kier alpha value is -0.770. The van der Waals surface area contributed by atoms with Gasteiger partial charge in [-0.05, 0) is 11.6 Å². The van der Waals surface area contributed by atoms with E-state index in [4.69, 9.17) is 11.6 Å². The number of rotatable bonds is 0. The van der Waals surface area contributed by atoms with Gasteiger partial charge in [-0.15, -0.1) is 12.4 Å². The van der Waals surface area contributed by atoms with Gasteiger partial charge in [-0.1, -0.05) is 23.7 Å². The topological polar surface area (TPSA) is 41.1 Å². The minimum absolute atomic E-state index is 0. The summed E-state index contributed by atoms with van der Waals surface area (Å²) in [4.78, 5) is 11.8. The summed E-state index contributed by atoms with van der Waals surface area (Å²) >= 11 is 6.05. The van der Waals surface area contributed by atoms with Crippen LogP contribution in [0.2, 0.25) is 5.02 Å². The van der Waals surface area contributed by atoms with Crippen molar-refractivity contribution in [2.24, 2.45) is 0 Å². The Balaban J connectivity index is 0.000000963. The van der Waals surface area contributed by atoms with Crippen LogP contribution in [0.15, 0.2) is 18.2 Å². The van der Waals surface area contributed by atoms with Crippen LogP contribution in [0.1, 0.15) is 21.8 Å². The van der Waals surface area contributed by atoms with Crippen molar-refractivity contribution in [3.63, 3.8) is 0 Å². The van der Waals surface area contributed by atoms with Crippen LogP contribution in [0, 0.1) is 0 Å². The van der Waals surface area contributed by atoms with Crippen molar-refractivity contribution in [1.82, 2.24) is 10.6 Å². The van der Waals surface area contributed by atoms with Gasteiger partial charge in [0.1, 0.15) is 0 Å². The van der Waals surface area contributed by atoms with Crippen LogP contribution in [-0.4, -0.2) is 25.0 Å². The molecule has 3 nitrogen and oxygen atoms in total. The highest BCUT2D eigenvalue weighted by Crippen LogP contribution is 2.33. The third kappa shape index (κ3) is 1.59. The standard InChI is InChI=1S/C11H11ClN2O.ClH/c12-8-3-1-2-6-7-4-13-5-9(7)14-11(15)10(6)8;/h1-3,7,9,13H,4-5H2,(H,14,15);1H/t7-,9+;/m0./s1. The highest BCUT2D eigenvalue weighted by molar-refractivity contribution is 6.34. The molecule has 1 aromatic rings. The van der Waals surface area contributed by atoms with Crippen molar-refractivity contribution in [2.75, 3.05) is 13.1 Å². The fourth-order valence-corrected chi connectivity index (χ4v) is 2.75. The molecule has 0 radical (unpaired) electrons. The predicted molar refractivity (Wildman–Crippen MR) is 65.6 cm³/mol. The number of carbonyl (C=O) groups is 1. The first-order chi connectivity index (χ1) is 7.27. The molecule has 3 rings (SSSR count). The minimum atomic E-state index is -0.0412. The van der Waals surface area contributed by atoms with Crippen molar-refractivity contribution in [1.29, 1.82) is 0 Å². The van der Waals surface area contributed by atoms with E-state index in [-0.39, 0.29) is 24.4 Å². The fourth-order valence-electron chi connectivity index (χ4n) is 2.49. The molecule has 2 aliphatic rings. The number of hydrogen-bond donors (Lipinski definition) is 2.